The lowest BCUT2D eigenvalue weighted by atomic mass is 9.70. The minimum atomic E-state index is -0.799. The highest BCUT2D eigenvalue weighted by atomic mass is 16.3. The van der Waals surface area contributed by atoms with E-state index in [0.717, 1.165) is 44.6 Å². The predicted molar refractivity (Wildman–Crippen MR) is 187 cm³/mol. The van der Waals surface area contributed by atoms with Gasteiger partial charge in [-0.2, -0.15) is 0 Å². The molecule has 0 aromatic heterocycles. The Morgan fingerprint density at radius 1 is 0.523 bits per heavy atom. The molecule has 240 valence electrons. The lowest BCUT2D eigenvalue weighted by Gasteiger charge is -2.38. The molecule has 44 heavy (non-hydrogen) atoms. The van der Waals surface area contributed by atoms with Crippen LogP contribution < -0.4 is 0 Å². The van der Waals surface area contributed by atoms with Crippen molar-refractivity contribution < 1.29 is 20.4 Å². The zero-order valence-corrected chi connectivity index (χ0v) is 28.6. The van der Waals surface area contributed by atoms with Crippen LogP contribution in [0.3, 0.4) is 0 Å². The normalized spacial score (nSPS) is 27.9. The zero-order chi connectivity index (χ0) is 33.2. The summed E-state index contributed by atoms with van der Waals surface area (Å²) in [4.78, 5) is 0. The Morgan fingerprint density at radius 2 is 0.818 bits per heavy atom. The molecule has 0 bridgehead atoms. The van der Waals surface area contributed by atoms with Crippen molar-refractivity contribution in [1.82, 2.24) is 0 Å². The molecular formula is C40H56O4. The summed E-state index contributed by atoms with van der Waals surface area (Å²) < 4.78 is 0. The summed E-state index contributed by atoms with van der Waals surface area (Å²) in [6, 6.07) is 0. The second-order valence-electron chi connectivity index (χ2n) is 13.8. The van der Waals surface area contributed by atoms with Crippen LogP contribution in [0.25, 0.3) is 0 Å². The van der Waals surface area contributed by atoms with E-state index in [4.69, 9.17) is 0 Å². The molecule has 0 aliphatic heterocycles. The molecule has 4 N–H and O–H groups in total. The third kappa shape index (κ3) is 10.9. The first kappa shape index (κ1) is 37.2. The van der Waals surface area contributed by atoms with Gasteiger partial charge in [-0.05, 0) is 87.5 Å². The van der Waals surface area contributed by atoms with E-state index >= 15 is 0 Å². The van der Waals surface area contributed by atoms with Crippen LogP contribution in [0.15, 0.2) is 130 Å². The molecule has 0 saturated heterocycles. The number of hydrogen-bond donors (Lipinski definition) is 4. The second-order valence-corrected chi connectivity index (χ2v) is 13.8. The SMILES string of the molecule is CC1=C(/C=C/C(C)=C/C=C/C(C)=C/C=C/C=C(C)/C=C/C=C(C)/C=C/C2=C(C)[C@@H](O)[C@@H](O)CC2(C)C)C(C)(C)C[C@H](O)[C@@H]1O. The number of hydrogen-bond acceptors (Lipinski definition) is 4. The van der Waals surface area contributed by atoms with Gasteiger partial charge in [0.1, 0.15) is 12.2 Å². The predicted octanol–water partition coefficient (Wildman–Crippen LogP) is 8.49. The summed E-state index contributed by atoms with van der Waals surface area (Å²) in [6.45, 7) is 20.5. The van der Waals surface area contributed by atoms with Crippen LogP contribution in [-0.4, -0.2) is 44.8 Å². The third-order valence-electron chi connectivity index (χ3n) is 8.65. The first-order chi connectivity index (χ1) is 20.5. The largest absolute Gasteiger partial charge is 0.390 e. The Bertz CT molecular complexity index is 1260. The van der Waals surface area contributed by atoms with Gasteiger partial charge in [-0.15, -0.1) is 0 Å². The molecule has 2 aliphatic rings. The summed E-state index contributed by atoms with van der Waals surface area (Å²) in [6.07, 6.45) is 26.9. The number of aliphatic hydroxyl groups excluding tert-OH is 4. The maximum absolute atomic E-state index is 10.3. The lowest BCUT2D eigenvalue weighted by molar-refractivity contribution is 0.00681. The molecule has 0 fully saturated rings. The molecule has 4 nitrogen and oxygen atoms in total. The summed E-state index contributed by atoms with van der Waals surface area (Å²) in [7, 11) is 0. The van der Waals surface area contributed by atoms with Crippen LogP contribution in [0.1, 0.15) is 82.1 Å². The summed E-state index contributed by atoms with van der Waals surface area (Å²) in [5, 5.41) is 40.8. The molecule has 0 amide bonds. The van der Waals surface area contributed by atoms with Gasteiger partial charge in [-0.25, -0.2) is 0 Å². The first-order valence-corrected chi connectivity index (χ1v) is 15.7. The van der Waals surface area contributed by atoms with E-state index in [2.05, 4.69) is 116 Å². The monoisotopic (exact) mass is 600 g/mol. The highest BCUT2D eigenvalue weighted by Crippen LogP contribution is 2.42. The Balaban J connectivity index is 1.94. The van der Waals surface area contributed by atoms with Crippen molar-refractivity contribution in [3.8, 4) is 0 Å². The van der Waals surface area contributed by atoms with E-state index in [1.165, 1.54) is 0 Å². The number of allylic oxidation sites excluding steroid dienone is 20. The average Bonchev–Trinajstić information content (AvgIpc) is 2.92. The summed E-state index contributed by atoms with van der Waals surface area (Å²) in [5.74, 6) is 0. The lowest BCUT2D eigenvalue weighted by Crippen LogP contribution is -2.39. The Labute approximate surface area is 267 Å². The highest BCUT2D eigenvalue weighted by Gasteiger charge is 2.37. The van der Waals surface area contributed by atoms with E-state index in [9.17, 15) is 20.4 Å². The van der Waals surface area contributed by atoms with Crippen LogP contribution in [-0.2, 0) is 0 Å². The molecule has 0 aromatic carbocycles. The maximum Gasteiger partial charge on any atom is 0.101 e. The van der Waals surface area contributed by atoms with Gasteiger partial charge in [0.15, 0.2) is 0 Å². The fourth-order valence-corrected chi connectivity index (χ4v) is 5.94. The Hall–Kier alpha value is -3.02. The molecule has 0 saturated carbocycles. The zero-order valence-electron chi connectivity index (χ0n) is 28.6. The van der Waals surface area contributed by atoms with Gasteiger partial charge in [0.2, 0.25) is 0 Å². The first-order valence-electron chi connectivity index (χ1n) is 15.7. The summed E-state index contributed by atoms with van der Waals surface area (Å²) >= 11 is 0. The standard InChI is InChI=1S/C40H56O4/c1-27(17-13-19-29(3)21-23-33-31(5)37(43)35(41)25-39(33,7)8)15-11-12-16-28(2)18-14-20-30(4)22-24-34-32(6)38(44)36(42)26-40(34,9)10/h11-24,35-38,41-44H,25-26H2,1-10H3/b12-11+,17-13+,18-14+,23-21+,24-22+,27-15+,28-16+,29-19+,30-20+/t35-,36-,37+,38+/m0/s1. The smallest absolute Gasteiger partial charge is 0.101 e. The van der Waals surface area contributed by atoms with Gasteiger partial charge < -0.3 is 20.4 Å². The number of rotatable bonds is 10. The van der Waals surface area contributed by atoms with Crippen molar-refractivity contribution in [2.45, 2.75) is 106 Å². The third-order valence-corrected chi connectivity index (χ3v) is 8.65. The van der Waals surface area contributed by atoms with Gasteiger partial charge in [0.25, 0.3) is 0 Å². The molecule has 4 heteroatoms. The van der Waals surface area contributed by atoms with Crippen molar-refractivity contribution in [3.63, 3.8) is 0 Å². The van der Waals surface area contributed by atoms with Crippen molar-refractivity contribution in [2.24, 2.45) is 10.8 Å². The van der Waals surface area contributed by atoms with Crippen LogP contribution in [0.5, 0.6) is 0 Å². The van der Waals surface area contributed by atoms with Gasteiger partial charge in [-0.1, -0.05) is 135 Å². The van der Waals surface area contributed by atoms with Crippen molar-refractivity contribution in [3.05, 3.63) is 130 Å². The van der Waals surface area contributed by atoms with E-state index in [-0.39, 0.29) is 10.8 Å². The van der Waals surface area contributed by atoms with Crippen LogP contribution in [0.4, 0.5) is 0 Å². The molecule has 0 aromatic rings. The fraction of sp³-hybridized carbons (Fsp3) is 0.450. The van der Waals surface area contributed by atoms with Crippen LogP contribution >= 0.6 is 0 Å². The van der Waals surface area contributed by atoms with Gasteiger partial charge >= 0.3 is 0 Å². The summed E-state index contributed by atoms with van der Waals surface area (Å²) in [5.41, 5.74) is 7.98. The average molecular weight is 601 g/mol. The second kappa shape index (κ2) is 16.3. The molecule has 0 unspecified atom stereocenters. The van der Waals surface area contributed by atoms with Crippen LogP contribution in [0.2, 0.25) is 0 Å². The molecule has 4 atom stereocenters. The van der Waals surface area contributed by atoms with Gasteiger partial charge in [-0.3, -0.25) is 0 Å². The molecule has 0 spiro atoms. The van der Waals surface area contributed by atoms with Gasteiger partial charge in [0, 0.05) is 0 Å². The molecule has 2 aliphatic carbocycles. The van der Waals surface area contributed by atoms with Gasteiger partial charge in [0.05, 0.1) is 12.2 Å². The topological polar surface area (TPSA) is 80.9 Å². The minimum Gasteiger partial charge on any atom is -0.390 e. The van der Waals surface area contributed by atoms with E-state index in [0.29, 0.717) is 12.8 Å². The van der Waals surface area contributed by atoms with E-state index in [1.54, 1.807) is 0 Å². The Morgan fingerprint density at radius 3 is 1.16 bits per heavy atom. The minimum absolute atomic E-state index is 0.182. The van der Waals surface area contributed by atoms with E-state index < -0.39 is 24.4 Å². The van der Waals surface area contributed by atoms with E-state index in [1.807, 2.05) is 38.2 Å². The molecular weight excluding hydrogens is 544 g/mol. The Kier molecular flexibility index (Phi) is 13.8. The maximum atomic E-state index is 10.3. The number of aliphatic hydroxyl groups is 4. The van der Waals surface area contributed by atoms with Crippen LogP contribution in [0, 0.1) is 10.8 Å². The van der Waals surface area contributed by atoms with Crippen molar-refractivity contribution >= 4 is 0 Å². The molecule has 0 radical (unpaired) electrons. The highest BCUT2D eigenvalue weighted by molar-refractivity contribution is 5.41. The van der Waals surface area contributed by atoms with Crippen molar-refractivity contribution in [2.75, 3.05) is 0 Å². The molecule has 2 rings (SSSR count). The van der Waals surface area contributed by atoms with Crippen molar-refractivity contribution in [1.29, 1.82) is 0 Å². The molecule has 0 heterocycles. The quantitative estimate of drug-likeness (QED) is 0.190. The fourth-order valence-electron chi connectivity index (χ4n) is 5.94.